The number of hydrogen-bond acceptors (Lipinski definition) is 3. The summed E-state index contributed by atoms with van der Waals surface area (Å²) in [6, 6.07) is 5.09. The maximum atomic E-state index is 11.1. The fourth-order valence-corrected chi connectivity index (χ4v) is 2.07. The minimum absolute atomic E-state index is 0.281. The van der Waals surface area contributed by atoms with Gasteiger partial charge < -0.3 is 5.11 Å². The van der Waals surface area contributed by atoms with E-state index in [1.807, 2.05) is 0 Å². The van der Waals surface area contributed by atoms with Gasteiger partial charge in [-0.05, 0) is 24.5 Å². The predicted molar refractivity (Wildman–Crippen MR) is 61.8 cm³/mol. The highest BCUT2D eigenvalue weighted by Crippen LogP contribution is 2.33. The lowest BCUT2D eigenvalue weighted by Crippen LogP contribution is -2.05. The molecule has 88 valence electrons. The van der Waals surface area contributed by atoms with Crippen LogP contribution >= 0.6 is 0 Å². The van der Waals surface area contributed by atoms with Gasteiger partial charge in [-0.1, -0.05) is 24.1 Å². The van der Waals surface area contributed by atoms with Gasteiger partial charge in [0.15, 0.2) is 0 Å². The number of fused-ring (bicyclic) bond motifs is 1. The topological polar surface area (TPSA) is 68.0 Å². The van der Waals surface area contributed by atoms with Crippen LogP contribution in [0.15, 0.2) is 18.2 Å². The molecule has 0 radical (unpaired) electrons. The maximum Gasteiger partial charge on any atom is 0.337 e. The van der Waals surface area contributed by atoms with Crippen LogP contribution in [-0.4, -0.2) is 26.1 Å². The fourth-order valence-electron chi connectivity index (χ4n) is 2.07. The number of carboxylic acid groups (broad SMARTS) is 1. The average molecular weight is 231 g/mol. The molecule has 0 saturated heterocycles. The van der Waals surface area contributed by atoms with E-state index < -0.39 is 5.97 Å². The second kappa shape index (κ2) is 3.84. The molecular weight excluding hydrogens is 218 g/mol. The number of para-hydroxylation sites is 1. The third-order valence-electron chi connectivity index (χ3n) is 3.21. The Labute approximate surface area is 98.0 Å². The van der Waals surface area contributed by atoms with E-state index in [4.69, 9.17) is 5.11 Å². The Kier molecular flexibility index (Phi) is 2.31. The predicted octanol–water partition coefficient (Wildman–Crippen LogP) is 1.93. The molecule has 1 aliphatic rings. The summed E-state index contributed by atoms with van der Waals surface area (Å²) >= 11 is 0. The first-order valence-corrected chi connectivity index (χ1v) is 5.81. The molecule has 5 heteroatoms. The molecule has 1 saturated carbocycles. The van der Waals surface area contributed by atoms with E-state index >= 15 is 0 Å². The van der Waals surface area contributed by atoms with Gasteiger partial charge in [-0.3, -0.25) is 0 Å². The van der Waals surface area contributed by atoms with Gasteiger partial charge >= 0.3 is 5.97 Å². The highest BCUT2D eigenvalue weighted by molar-refractivity contribution is 6.00. The van der Waals surface area contributed by atoms with Gasteiger partial charge in [-0.25, -0.2) is 9.48 Å². The summed E-state index contributed by atoms with van der Waals surface area (Å²) in [5.41, 5.74) is 1.57. The molecule has 0 bridgehead atoms. The Hall–Kier alpha value is -1.91. The van der Waals surface area contributed by atoms with Crippen LogP contribution < -0.4 is 0 Å². The zero-order valence-electron chi connectivity index (χ0n) is 9.33. The van der Waals surface area contributed by atoms with Crippen molar-refractivity contribution in [3.05, 3.63) is 23.8 Å². The molecule has 0 amide bonds. The lowest BCUT2D eigenvalue weighted by atomic mass is 10.2. The number of carboxylic acids is 1. The Morgan fingerprint density at radius 3 is 3.00 bits per heavy atom. The van der Waals surface area contributed by atoms with E-state index in [0.29, 0.717) is 11.0 Å². The summed E-state index contributed by atoms with van der Waals surface area (Å²) in [5, 5.41) is 17.2. The normalized spacial score (nSPS) is 15.3. The van der Waals surface area contributed by atoms with Gasteiger partial charge in [0, 0.05) is 6.54 Å². The van der Waals surface area contributed by atoms with Gasteiger partial charge in [0.05, 0.1) is 5.56 Å². The molecule has 0 spiro atoms. The molecule has 2 aromatic rings. The fraction of sp³-hybridized carbons (Fsp3) is 0.417. The Morgan fingerprint density at radius 1 is 1.47 bits per heavy atom. The monoisotopic (exact) mass is 231 g/mol. The van der Waals surface area contributed by atoms with Crippen molar-refractivity contribution in [2.24, 2.45) is 5.92 Å². The van der Waals surface area contributed by atoms with E-state index in [1.54, 1.807) is 22.9 Å². The van der Waals surface area contributed by atoms with Crippen LogP contribution in [0, 0.1) is 5.92 Å². The minimum Gasteiger partial charge on any atom is -0.478 e. The number of carbonyl (C=O) groups is 1. The Bertz CT molecular complexity index is 572. The first kappa shape index (κ1) is 10.3. The number of hydrogen-bond donors (Lipinski definition) is 1. The molecule has 1 aromatic carbocycles. The van der Waals surface area contributed by atoms with Gasteiger partial charge in [-0.2, -0.15) is 0 Å². The van der Waals surface area contributed by atoms with Gasteiger partial charge in [0.25, 0.3) is 0 Å². The average Bonchev–Trinajstić information content (AvgIpc) is 3.06. The molecule has 1 fully saturated rings. The first-order chi connectivity index (χ1) is 8.25. The number of aromatic carboxylic acids is 1. The van der Waals surface area contributed by atoms with Crippen LogP contribution in [0.3, 0.4) is 0 Å². The van der Waals surface area contributed by atoms with Crippen molar-refractivity contribution in [3.8, 4) is 0 Å². The third-order valence-corrected chi connectivity index (χ3v) is 3.21. The second-order valence-electron chi connectivity index (χ2n) is 4.52. The van der Waals surface area contributed by atoms with Crippen molar-refractivity contribution in [3.63, 3.8) is 0 Å². The first-order valence-electron chi connectivity index (χ1n) is 5.81. The lowest BCUT2D eigenvalue weighted by molar-refractivity contribution is 0.0698. The molecule has 1 aromatic heterocycles. The molecule has 5 nitrogen and oxygen atoms in total. The molecule has 3 rings (SSSR count). The van der Waals surface area contributed by atoms with E-state index in [9.17, 15) is 4.79 Å². The molecule has 0 unspecified atom stereocenters. The standard InChI is InChI=1S/C12H13N3O2/c16-12(17)9-2-1-3-10-11(9)15(14-13-10)7-6-8-4-5-8/h1-3,8H,4-7H2,(H,16,17). The lowest BCUT2D eigenvalue weighted by Gasteiger charge is -2.03. The summed E-state index contributed by atoms with van der Waals surface area (Å²) in [7, 11) is 0. The largest absolute Gasteiger partial charge is 0.478 e. The number of benzene rings is 1. The third kappa shape index (κ3) is 1.88. The number of aromatic nitrogens is 3. The molecular formula is C12H13N3O2. The summed E-state index contributed by atoms with van der Waals surface area (Å²) in [6.45, 7) is 0.755. The van der Waals surface area contributed by atoms with E-state index in [0.717, 1.165) is 18.9 Å². The van der Waals surface area contributed by atoms with Crippen molar-refractivity contribution in [1.82, 2.24) is 15.0 Å². The zero-order chi connectivity index (χ0) is 11.8. The van der Waals surface area contributed by atoms with Crippen LogP contribution in [0.5, 0.6) is 0 Å². The quantitative estimate of drug-likeness (QED) is 0.873. The van der Waals surface area contributed by atoms with E-state index in [2.05, 4.69) is 10.3 Å². The number of rotatable bonds is 4. The molecule has 1 aliphatic carbocycles. The number of nitrogens with zero attached hydrogens (tertiary/aromatic N) is 3. The van der Waals surface area contributed by atoms with Crippen LogP contribution in [0.25, 0.3) is 11.0 Å². The highest BCUT2D eigenvalue weighted by Gasteiger charge is 2.22. The Morgan fingerprint density at radius 2 is 2.29 bits per heavy atom. The Balaban J connectivity index is 2.01. The molecule has 1 N–H and O–H groups in total. The van der Waals surface area contributed by atoms with Crippen LogP contribution in [-0.2, 0) is 6.54 Å². The summed E-state index contributed by atoms with van der Waals surface area (Å²) in [4.78, 5) is 11.1. The van der Waals surface area contributed by atoms with Gasteiger partial charge in [0.1, 0.15) is 11.0 Å². The summed E-state index contributed by atoms with van der Waals surface area (Å²) in [6.07, 6.45) is 3.64. The molecule has 0 aliphatic heterocycles. The second-order valence-corrected chi connectivity index (χ2v) is 4.52. The van der Waals surface area contributed by atoms with E-state index in [-0.39, 0.29) is 5.56 Å². The van der Waals surface area contributed by atoms with Crippen molar-refractivity contribution in [1.29, 1.82) is 0 Å². The van der Waals surface area contributed by atoms with Gasteiger partial charge in [-0.15, -0.1) is 5.10 Å². The van der Waals surface area contributed by atoms with Crippen molar-refractivity contribution < 1.29 is 9.90 Å². The SMILES string of the molecule is O=C(O)c1cccc2nnn(CCC3CC3)c12. The minimum atomic E-state index is -0.925. The van der Waals surface area contributed by atoms with Crippen LogP contribution in [0.2, 0.25) is 0 Å². The molecule has 17 heavy (non-hydrogen) atoms. The highest BCUT2D eigenvalue weighted by atomic mass is 16.4. The van der Waals surface area contributed by atoms with Gasteiger partial charge in [0.2, 0.25) is 0 Å². The summed E-state index contributed by atoms with van der Waals surface area (Å²) < 4.78 is 1.72. The summed E-state index contributed by atoms with van der Waals surface area (Å²) in [5.74, 6) is -0.128. The van der Waals surface area contributed by atoms with Crippen molar-refractivity contribution >= 4 is 17.0 Å². The molecule has 1 heterocycles. The van der Waals surface area contributed by atoms with Crippen molar-refractivity contribution in [2.75, 3.05) is 0 Å². The maximum absolute atomic E-state index is 11.1. The smallest absolute Gasteiger partial charge is 0.337 e. The van der Waals surface area contributed by atoms with Crippen molar-refractivity contribution in [2.45, 2.75) is 25.8 Å². The van der Waals surface area contributed by atoms with Crippen LogP contribution in [0.4, 0.5) is 0 Å². The van der Waals surface area contributed by atoms with E-state index in [1.165, 1.54) is 12.8 Å². The zero-order valence-corrected chi connectivity index (χ0v) is 9.33. The van der Waals surface area contributed by atoms with Crippen LogP contribution in [0.1, 0.15) is 29.6 Å². The number of aryl methyl sites for hydroxylation is 1. The molecule has 0 atom stereocenters.